The highest BCUT2D eigenvalue weighted by Crippen LogP contribution is 2.17. The van der Waals surface area contributed by atoms with Crippen LogP contribution in [0.3, 0.4) is 0 Å². The van der Waals surface area contributed by atoms with E-state index >= 15 is 0 Å². The molecule has 5 heteroatoms. The molecular weight excluding hydrogens is 292 g/mol. The van der Waals surface area contributed by atoms with Gasteiger partial charge in [0.2, 0.25) is 5.91 Å². The summed E-state index contributed by atoms with van der Waals surface area (Å²) in [6, 6.07) is 13.6. The lowest BCUT2D eigenvalue weighted by atomic mass is 10.1. The third-order valence-corrected chi connectivity index (χ3v) is 3.23. The largest absolute Gasteiger partial charge is 0.389 e. The highest BCUT2D eigenvalue weighted by Gasteiger charge is 2.08. The number of benzene rings is 2. The van der Waals surface area contributed by atoms with E-state index in [0.29, 0.717) is 16.9 Å². The fraction of sp³-hybridized carbons (Fsp3) is 0.111. The molecule has 23 heavy (non-hydrogen) atoms. The van der Waals surface area contributed by atoms with Crippen LogP contribution in [0.5, 0.6) is 0 Å². The molecule has 0 spiro atoms. The first-order valence-corrected chi connectivity index (χ1v) is 7.12. The minimum absolute atomic E-state index is 0.269. The zero-order valence-corrected chi connectivity index (χ0v) is 12.7. The molecule has 2 rings (SSSR count). The van der Waals surface area contributed by atoms with Gasteiger partial charge < -0.3 is 15.7 Å². The van der Waals surface area contributed by atoms with Crippen molar-refractivity contribution in [3.63, 3.8) is 0 Å². The van der Waals surface area contributed by atoms with Crippen molar-refractivity contribution >= 4 is 23.2 Å². The van der Waals surface area contributed by atoms with Gasteiger partial charge in [0, 0.05) is 16.9 Å². The van der Waals surface area contributed by atoms with Crippen molar-refractivity contribution in [2.24, 2.45) is 0 Å². The second kappa shape index (κ2) is 7.38. The highest BCUT2D eigenvalue weighted by molar-refractivity contribution is 6.05. The second-order valence-corrected chi connectivity index (χ2v) is 5.03. The Labute approximate surface area is 134 Å². The number of anilines is 2. The lowest BCUT2D eigenvalue weighted by Gasteiger charge is -2.09. The molecule has 2 amide bonds. The van der Waals surface area contributed by atoms with Gasteiger partial charge in [-0.2, -0.15) is 0 Å². The Bertz CT molecular complexity index is 721. The summed E-state index contributed by atoms with van der Waals surface area (Å²) < 4.78 is 0. The van der Waals surface area contributed by atoms with Gasteiger partial charge in [0.25, 0.3) is 5.91 Å². The van der Waals surface area contributed by atoms with Crippen LogP contribution in [0.25, 0.3) is 0 Å². The predicted octanol–water partition coefficient (Wildman–Crippen LogP) is 3.12. The number of carbonyl (C=O) groups is 2. The molecule has 1 atom stereocenters. The summed E-state index contributed by atoms with van der Waals surface area (Å²) in [6.45, 7) is 5.05. The van der Waals surface area contributed by atoms with Crippen LogP contribution >= 0.6 is 0 Å². The standard InChI is InChI=1S/C18H18N2O3/c1-3-17(22)19-15-5-4-6-16(11-15)20-18(23)14-9-7-13(8-10-14)12(2)21/h3-12,21H,1H2,2H3,(H,19,22)(H,20,23)/t12-/m1/s1. The zero-order chi connectivity index (χ0) is 16.8. The summed E-state index contributed by atoms with van der Waals surface area (Å²) in [5.74, 6) is -0.587. The molecule has 2 aromatic rings. The third-order valence-electron chi connectivity index (χ3n) is 3.23. The quantitative estimate of drug-likeness (QED) is 0.742. The number of rotatable bonds is 5. The van der Waals surface area contributed by atoms with Gasteiger partial charge >= 0.3 is 0 Å². The molecular formula is C18H18N2O3. The molecule has 0 aliphatic heterocycles. The lowest BCUT2D eigenvalue weighted by molar-refractivity contribution is -0.111. The Morgan fingerprint density at radius 1 is 1.09 bits per heavy atom. The first-order chi connectivity index (χ1) is 11.0. The summed E-state index contributed by atoms with van der Waals surface area (Å²) in [6.07, 6.45) is 0.604. The number of aliphatic hydroxyl groups excluding tert-OH is 1. The van der Waals surface area contributed by atoms with E-state index in [-0.39, 0.29) is 11.8 Å². The smallest absolute Gasteiger partial charge is 0.255 e. The van der Waals surface area contributed by atoms with Gasteiger partial charge in [-0.15, -0.1) is 0 Å². The Hall–Kier alpha value is -2.92. The fourth-order valence-electron chi connectivity index (χ4n) is 1.98. The van der Waals surface area contributed by atoms with Gasteiger partial charge in [0.15, 0.2) is 0 Å². The predicted molar refractivity (Wildman–Crippen MR) is 90.3 cm³/mol. The van der Waals surface area contributed by atoms with Crippen molar-refractivity contribution < 1.29 is 14.7 Å². The Kier molecular flexibility index (Phi) is 5.28. The van der Waals surface area contributed by atoms with Crippen LogP contribution in [0.1, 0.15) is 28.9 Å². The first kappa shape index (κ1) is 16.5. The summed E-state index contributed by atoms with van der Waals surface area (Å²) >= 11 is 0. The van der Waals surface area contributed by atoms with Crippen molar-refractivity contribution in [1.82, 2.24) is 0 Å². The molecule has 0 aliphatic carbocycles. The van der Waals surface area contributed by atoms with Crippen LogP contribution in [-0.2, 0) is 4.79 Å². The van der Waals surface area contributed by atoms with Crippen molar-refractivity contribution in [2.45, 2.75) is 13.0 Å². The number of carbonyl (C=O) groups excluding carboxylic acids is 2. The fourth-order valence-corrected chi connectivity index (χ4v) is 1.98. The van der Waals surface area contributed by atoms with Crippen LogP contribution in [0, 0.1) is 0 Å². The minimum atomic E-state index is -0.572. The van der Waals surface area contributed by atoms with E-state index in [1.54, 1.807) is 55.5 Å². The molecule has 0 fully saturated rings. The van der Waals surface area contributed by atoms with Crippen LogP contribution in [-0.4, -0.2) is 16.9 Å². The molecule has 0 aromatic heterocycles. The van der Waals surface area contributed by atoms with Gasteiger partial charge in [0.05, 0.1) is 6.10 Å². The summed E-state index contributed by atoms with van der Waals surface area (Å²) in [5.41, 5.74) is 2.36. The van der Waals surface area contributed by atoms with E-state index < -0.39 is 6.10 Å². The maximum Gasteiger partial charge on any atom is 0.255 e. The number of aliphatic hydroxyl groups is 1. The van der Waals surface area contributed by atoms with Crippen LogP contribution in [0.4, 0.5) is 11.4 Å². The summed E-state index contributed by atoms with van der Waals surface area (Å²) in [7, 11) is 0. The highest BCUT2D eigenvalue weighted by atomic mass is 16.3. The first-order valence-electron chi connectivity index (χ1n) is 7.12. The number of amides is 2. The number of nitrogens with one attached hydrogen (secondary N) is 2. The molecule has 0 aliphatic rings. The monoisotopic (exact) mass is 310 g/mol. The van der Waals surface area contributed by atoms with Crippen LogP contribution < -0.4 is 10.6 Å². The van der Waals surface area contributed by atoms with Crippen LogP contribution in [0.2, 0.25) is 0 Å². The molecule has 118 valence electrons. The van der Waals surface area contributed by atoms with E-state index in [4.69, 9.17) is 0 Å². The van der Waals surface area contributed by atoms with Crippen molar-refractivity contribution in [3.05, 3.63) is 72.3 Å². The summed E-state index contributed by atoms with van der Waals surface area (Å²) in [4.78, 5) is 23.5. The van der Waals surface area contributed by atoms with Gasteiger partial charge in [-0.05, 0) is 48.9 Å². The lowest BCUT2D eigenvalue weighted by Crippen LogP contribution is -2.13. The van der Waals surface area contributed by atoms with E-state index in [2.05, 4.69) is 17.2 Å². The Morgan fingerprint density at radius 2 is 1.70 bits per heavy atom. The van der Waals surface area contributed by atoms with E-state index in [9.17, 15) is 14.7 Å². The van der Waals surface area contributed by atoms with E-state index in [1.807, 2.05) is 0 Å². The minimum Gasteiger partial charge on any atom is -0.389 e. The molecule has 0 radical (unpaired) electrons. The maximum atomic E-state index is 12.2. The molecule has 0 saturated carbocycles. The second-order valence-electron chi connectivity index (χ2n) is 5.03. The van der Waals surface area contributed by atoms with Crippen molar-refractivity contribution in [2.75, 3.05) is 10.6 Å². The number of hydrogen-bond acceptors (Lipinski definition) is 3. The van der Waals surface area contributed by atoms with Gasteiger partial charge in [-0.3, -0.25) is 9.59 Å². The SMILES string of the molecule is C=CC(=O)Nc1cccc(NC(=O)c2ccc([C@@H](C)O)cc2)c1. The van der Waals surface area contributed by atoms with Gasteiger partial charge in [-0.25, -0.2) is 0 Å². The Morgan fingerprint density at radius 3 is 2.26 bits per heavy atom. The maximum absolute atomic E-state index is 12.2. The molecule has 0 saturated heterocycles. The average molecular weight is 310 g/mol. The van der Waals surface area contributed by atoms with E-state index in [0.717, 1.165) is 5.56 Å². The van der Waals surface area contributed by atoms with Gasteiger partial charge in [0.1, 0.15) is 0 Å². The summed E-state index contributed by atoms with van der Waals surface area (Å²) in [5, 5.41) is 14.9. The molecule has 0 unspecified atom stereocenters. The zero-order valence-electron chi connectivity index (χ0n) is 12.7. The average Bonchev–Trinajstić information content (AvgIpc) is 2.55. The molecule has 0 bridgehead atoms. The van der Waals surface area contributed by atoms with Crippen LogP contribution in [0.15, 0.2) is 61.2 Å². The van der Waals surface area contributed by atoms with Gasteiger partial charge in [-0.1, -0.05) is 24.8 Å². The molecule has 5 nitrogen and oxygen atoms in total. The molecule has 3 N–H and O–H groups in total. The normalized spacial score (nSPS) is 11.4. The topological polar surface area (TPSA) is 78.4 Å². The number of hydrogen-bond donors (Lipinski definition) is 3. The molecule has 0 heterocycles. The van der Waals surface area contributed by atoms with Crippen molar-refractivity contribution in [1.29, 1.82) is 0 Å². The van der Waals surface area contributed by atoms with E-state index in [1.165, 1.54) is 6.08 Å². The molecule has 2 aromatic carbocycles. The Balaban J connectivity index is 2.09. The van der Waals surface area contributed by atoms with Crippen molar-refractivity contribution in [3.8, 4) is 0 Å². The third kappa shape index (κ3) is 4.52.